The highest BCUT2D eigenvalue weighted by molar-refractivity contribution is 5.82. The van der Waals surface area contributed by atoms with Crippen LogP contribution in [0.15, 0.2) is 30.3 Å². The number of pyridine rings is 1. The molecule has 2 aromatic rings. The molecule has 1 atom stereocenters. The molecule has 0 fully saturated rings. The molecular formula is C16H22N2O. The first-order valence-corrected chi connectivity index (χ1v) is 6.87. The molecule has 1 unspecified atom stereocenters. The average molecular weight is 258 g/mol. The first kappa shape index (κ1) is 14.0. The quantitative estimate of drug-likeness (QED) is 0.808. The van der Waals surface area contributed by atoms with E-state index >= 15 is 0 Å². The van der Waals surface area contributed by atoms with Crippen LogP contribution in [0.25, 0.3) is 10.9 Å². The molecule has 0 aliphatic rings. The van der Waals surface area contributed by atoms with E-state index < -0.39 is 0 Å². The molecule has 102 valence electrons. The van der Waals surface area contributed by atoms with Crippen LogP contribution in [0.4, 0.5) is 0 Å². The monoisotopic (exact) mass is 258 g/mol. The smallest absolute Gasteiger partial charge is 0.0708 e. The van der Waals surface area contributed by atoms with E-state index in [0.29, 0.717) is 6.61 Å². The van der Waals surface area contributed by atoms with Crippen LogP contribution in [-0.2, 0) is 4.74 Å². The number of rotatable bonds is 6. The number of aryl methyl sites for hydroxylation is 1. The lowest BCUT2D eigenvalue weighted by Gasteiger charge is -2.19. The minimum Gasteiger partial charge on any atom is -0.379 e. The second kappa shape index (κ2) is 6.64. The summed E-state index contributed by atoms with van der Waals surface area (Å²) in [6.07, 6.45) is 1.05. The zero-order chi connectivity index (χ0) is 13.7. The predicted molar refractivity (Wildman–Crippen MR) is 79.4 cm³/mol. The molecule has 0 aliphatic heterocycles. The Bertz CT molecular complexity index is 539. The largest absolute Gasteiger partial charge is 0.379 e. The Morgan fingerprint density at radius 3 is 2.84 bits per heavy atom. The van der Waals surface area contributed by atoms with Crippen LogP contribution < -0.4 is 5.32 Å². The Labute approximate surface area is 115 Å². The number of nitrogens with one attached hydrogen (secondary N) is 1. The Morgan fingerprint density at radius 2 is 2.11 bits per heavy atom. The molecule has 1 aromatic heterocycles. The van der Waals surface area contributed by atoms with Crippen molar-refractivity contribution in [1.82, 2.24) is 10.3 Å². The SMILES string of the molecule is CCCOCC(NC)c1cc(C)nc2ccccc12. The molecule has 0 amide bonds. The summed E-state index contributed by atoms with van der Waals surface area (Å²) < 4.78 is 5.70. The summed E-state index contributed by atoms with van der Waals surface area (Å²) >= 11 is 0. The van der Waals surface area contributed by atoms with Crippen molar-refractivity contribution in [2.75, 3.05) is 20.3 Å². The summed E-state index contributed by atoms with van der Waals surface area (Å²) in [6, 6.07) is 10.6. The number of nitrogens with zero attached hydrogens (tertiary/aromatic N) is 1. The molecule has 0 aliphatic carbocycles. The number of fused-ring (bicyclic) bond motifs is 1. The zero-order valence-corrected chi connectivity index (χ0v) is 11.9. The van der Waals surface area contributed by atoms with Gasteiger partial charge in [0.2, 0.25) is 0 Å². The predicted octanol–water partition coefficient (Wildman–Crippen LogP) is 3.23. The second-order valence-electron chi connectivity index (χ2n) is 4.79. The molecular weight excluding hydrogens is 236 g/mol. The van der Waals surface area contributed by atoms with Crippen molar-refractivity contribution in [3.05, 3.63) is 41.6 Å². The van der Waals surface area contributed by atoms with Crippen molar-refractivity contribution < 1.29 is 4.74 Å². The van der Waals surface area contributed by atoms with Gasteiger partial charge >= 0.3 is 0 Å². The van der Waals surface area contributed by atoms with Crippen molar-refractivity contribution in [3.8, 4) is 0 Å². The van der Waals surface area contributed by atoms with Gasteiger partial charge in [0.05, 0.1) is 18.2 Å². The van der Waals surface area contributed by atoms with Crippen LogP contribution >= 0.6 is 0 Å². The van der Waals surface area contributed by atoms with E-state index in [1.54, 1.807) is 0 Å². The maximum atomic E-state index is 5.70. The van der Waals surface area contributed by atoms with Gasteiger partial charge in [0.1, 0.15) is 0 Å². The maximum absolute atomic E-state index is 5.70. The van der Waals surface area contributed by atoms with E-state index in [0.717, 1.165) is 24.2 Å². The Balaban J connectivity index is 2.35. The topological polar surface area (TPSA) is 34.1 Å². The van der Waals surface area contributed by atoms with Gasteiger partial charge in [0.25, 0.3) is 0 Å². The highest BCUT2D eigenvalue weighted by Crippen LogP contribution is 2.24. The normalized spacial score (nSPS) is 12.8. The molecule has 1 N–H and O–H groups in total. The van der Waals surface area contributed by atoms with Crippen LogP contribution in [0.3, 0.4) is 0 Å². The van der Waals surface area contributed by atoms with Gasteiger partial charge in [-0.1, -0.05) is 25.1 Å². The number of likely N-dealkylation sites (N-methyl/N-ethyl adjacent to an activating group) is 1. The van der Waals surface area contributed by atoms with Crippen LogP contribution in [0.2, 0.25) is 0 Å². The number of aromatic nitrogens is 1. The van der Waals surface area contributed by atoms with E-state index in [4.69, 9.17) is 4.74 Å². The summed E-state index contributed by atoms with van der Waals surface area (Å²) in [5.74, 6) is 0. The molecule has 19 heavy (non-hydrogen) atoms. The zero-order valence-electron chi connectivity index (χ0n) is 11.9. The lowest BCUT2D eigenvalue weighted by Crippen LogP contribution is -2.22. The van der Waals surface area contributed by atoms with E-state index in [1.807, 2.05) is 20.0 Å². The van der Waals surface area contributed by atoms with Gasteiger partial charge < -0.3 is 10.1 Å². The Hall–Kier alpha value is -1.45. The van der Waals surface area contributed by atoms with Gasteiger partial charge in [-0.15, -0.1) is 0 Å². The van der Waals surface area contributed by atoms with Crippen LogP contribution in [-0.4, -0.2) is 25.2 Å². The van der Waals surface area contributed by atoms with E-state index in [2.05, 4.69) is 41.5 Å². The fourth-order valence-electron chi connectivity index (χ4n) is 2.30. The van der Waals surface area contributed by atoms with E-state index in [9.17, 15) is 0 Å². The van der Waals surface area contributed by atoms with Crippen molar-refractivity contribution in [2.45, 2.75) is 26.3 Å². The lowest BCUT2D eigenvalue weighted by atomic mass is 10.0. The van der Waals surface area contributed by atoms with Crippen molar-refractivity contribution in [1.29, 1.82) is 0 Å². The maximum Gasteiger partial charge on any atom is 0.0708 e. The third-order valence-corrected chi connectivity index (χ3v) is 3.23. The first-order valence-electron chi connectivity index (χ1n) is 6.87. The average Bonchev–Trinajstić information content (AvgIpc) is 2.43. The summed E-state index contributed by atoms with van der Waals surface area (Å²) in [4.78, 5) is 4.58. The third-order valence-electron chi connectivity index (χ3n) is 3.23. The summed E-state index contributed by atoms with van der Waals surface area (Å²) in [6.45, 7) is 5.66. The highest BCUT2D eigenvalue weighted by Gasteiger charge is 2.13. The van der Waals surface area contributed by atoms with Crippen molar-refractivity contribution >= 4 is 10.9 Å². The minimum absolute atomic E-state index is 0.207. The standard InChI is InChI=1S/C16H22N2O/c1-4-9-19-11-16(17-3)14-10-12(2)18-15-8-6-5-7-13(14)15/h5-8,10,16-17H,4,9,11H2,1-3H3. The fraction of sp³-hybridized carbons (Fsp3) is 0.438. The molecule has 2 rings (SSSR count). The number of para-hydroxylation sites is 1. The van der Waals surface area contributed by atoms with Crippen LogP contribution in [0, 0.1) is 6.92 Å². The number of benzene rings is 1. The lowest BCUT2D eigenvalue weighted by molar-refractivity contribution is 0.114. The first-order chi connectivity index (χ1) is 9.26. The third kappa shape index (κ3) is 3.31. The van der Waals surface area contributed by atoms with E-state index in [1.165, 1.54) is 10.9 Å². The van der Waals surface area contributed by atoms with E-state index in [-0.39, 0.29) is 6.04 Å². The molecule has 0 saturated carbocycles. The van der Waals surface area contributed by atoms with Gasteiger partial charge in [0, 0.05) is 17.7 Å². The highest BCUT2D eigenvalue weighted by atomic mass is 16.5. The van der Waals surface area contributed by atoms with Gasteiger partial charge in [-0.2, -0.15) is 0 Å². The van der Waals surface area contributed by atoms with Crippen molar-refractivity contribution in [2.24, 2.45) is 0 Å². The Morgan fingerprint density at radius 1 is 1.32 bits per heavy atom. The molecule has 0 saturated heterocycles. The summed E-state index contributed by atoms with van der Waals surface area (Å²) in [5.41, 5.74) is 3.36. The van der Waals surface area contributed by atoms with Gasteiger partial charge in [-0.05, 0) is 38.1 Å². The van der Waals surface area contributed by atoms with Gasteiger partial charge in [-0.25, -0.2) is 0 Å². The van der Waals surface area contributed by atoms with Crippen LogP contribution in [0.1, 0.15) is 30.6 Å². The van der Waals surface area contributed by atoms with Crippen molar-refractivity contribution in [3.63, 3.8) is 0 Å². The minimum atomic E-state index is 0.207. The Kier molecular flexibility index (Phi) is 4.88. The fourth-order valence-corrected chi connectivity index (χ4v) is 2.30. The number of hydrogen-bond acceptors (Lipinski definition) is 3. The molecule has 3 nitrogen and oxygen atoms in total. The summed E-state index contributed by atoms with van der Waals surface area (Å²) in [7, 11) is 1.98. The van der Waals surface area contributed by atoms with Gasteiger partial charge in [-0.3, -0.25) is 4.98 Å². The number of hydrogen-bond donors (Lipinski definition) is 1. The molecule has 1 heterocycles. The summed E-state index contributed by atoms with van der Waals surface area (Å²) in [5, 5.41) is 4.55. The van der Waals surface area contributed by atoms with Crippen LogP contribution in [0.5, 0.6) is 0 Å². The molecule has 1 aromatic carbocycles. The molecule has 0 bridgehead atoms. The second-order valence-corrected chi connectivity index (χ2v) is 4.79. The molecule has 0 radical (unpaired) electrons. The molecule has 3 heteroatoms. The molecule has 0 spiro atoms. The van der Waals surface area contributed by atoms with Gasteiger partial charge in [0.15, 0.2) is 0 Å². The number of ether oxygens (including phenoxy) is 1.